The van der Waals surface area contributed by atoms with Crippen molar-refractivity contribution in [1.82, 2.24) is 9.13 Å². The average molecular weight is 348 g/mol. The van der Waals surface area contributed by atoms with E-state index in [4.69, 9.17) is 4.74 Å². The van der Waals surface area contributed by atoms with Crippen molar-refractivity contribution in [2.24, 2.45) is 0 Å². The molecule has 2 heterocycles. The first-order valence-corrected chi connectivity index (χ1v) is 8.81. The van der Waals surface area contributed by atoms with E-state index in [2.05, 4.69) is 0 Å². The molecular formula is C21H20N2O3. The molecule has 5 heteroatoms. The zero-order valence-electron chi connectivity index (χ0n) is 14.4. The Labute approximate surface area is 151 Å². The van der Waals surface area contributed by atoms with E-state index in [9.17, 15) is 9.59 Å². The summed E-state index contributed by atoms with van der Waals surface area (Å²) in [6.07, 6.45) is 3.03. The SMILES string of the molecule is O=c1c(-c2ccccc2)cn(C2CCCO2)c(=O)n1Cc1ccccc1. The fraction of sp³-hybridized carbons (Fsp3) is 0.238. The quantitative estimate of drug-likeness (QED) is 0.728. The molecule has 26 heavy (non-hydrogen) atoms. The minimum atomic E-state index is -0.328. The lowest BCUT2D eigenvalue weighted by Gasteiger charge is -2.17. The molecular weight excluding hydrogens is 328 g/mol. The molecule has 0 N–H and O–H groups in total. The highest BCUT2D eigenvalue weighted by molar-refractivity contribution is 5.61. The van der Waals surface area contributed by atoms with Crippen molar-refractivity contribution < 1.29 is 4.74 Å². The van der Waals surface area contributed by atoms with E-state index < -0.39 is 0 Å². The lowest BCUT2D eigenvalue weighted by molar-refractivity contribution is 0.0516. The molecule has 132 valence electrons. The van der Waals surface area contributed by atoms with Crippen LogP contribution in [0.15, 0.2) is 76.4 Å². The van der Waals surface area contributed by atoms with Gasteiger partial charge in [-0.05, 0) is 24.0 Å². The van der Waals surface area contributed by atoms with Crippen molar-refractivity contribution in [1.29, 1.82) is 0 Å². The Hall–Kier alpha value is -2.92. The summed E-state index contributed by atoms with van der Waals surface area (Å²) < 4.78 is 8.58. The van der Waals surface area contributed by atoms with Gasteiger partial charge in [-0.25, -0.2) is 4.79 Å². The highest BCUT2D eigenvalue weighted by Crippen LogP contribution is 2.23. The zero-order chi connectivity index (χ0) is 17.9. The summed E-state index contributed by atoms with van der Waals surface area (Å²) in [4.78, 5) is 26.1. The number of nitrogens with zero attached hydrogens (tertiary/aromatic N) is 2. The van der Waals surface area contributed by atoms with Crippen LogP contribution >= 0.6 is 0 Å². The Bertz CT molecular complexity index is 1000. The van der Waals surface area contributed by atoms with E-state index >= 15 is 0 Å². The maximum Gasteiger partial charge on any atom is 0.333 e. The van der Waals surface area contributed by atoms with Gasteiger partial charge in [0.2, 0.25) is 0 Å². The van der Waals surface area contributed by atoms with E-state index in [0.717, 1.165) is 24.0 Å². The Morgan fingerprint density at radius 1 is 0.962 bits per heavy atom. The van der Waals surface area contributed by atoms with Crippen LogP contribution < -0.4 is 11.2 Å². The van der Waals surface area contributed by atoms with Gasteiger partial charge >= 0.3 is 5.69 Å². The number of ether oxygens (including phenoxy) is 1. The third-order valence-corrected chi connectivity index (χ3v) is 4.68. The molecule has 1 aliphatic heterocycles. The molecule has 0 amide bonds. The van der Waals surface area contributed by atoms with Crippen LogP contribution in [0.1, 0.15) is 24.6 Å². The van der Waals surface area contributed by atoms with Gasteiger partial charge < -0.3 is 4.74 Å². The van der Waals surface area contributed by atoms with E-state index in [0.29, 0.717) is 12.2 Å². The van der Waals surface area contributed by atoms with Gasteiger partial charge in [-0.3, -0.25) is 13.9 Å². The third kappa shape index (κ3) is 3.13. The number of rotatable bonds is 4. The van der Waals surface area contributed by atoms with Crippen molar-refractivity contribution in [3.05, 3.63) is 93.3 Å². The molecule has 4 rings (SSSR count). The maximum absolute atomic E-state index is 13.1. The van der Waals surface area contributed by atoms with Crippen LogP contribution in [0.25, 0.3) is 11.1 Å². The Balaban J connectivity index is 1.90. The first-order valence-electron chi connectivity index (χ1n) is 8.81. The van der Waals surface area contributed by atoms with Crippen molar-refractivity contribution in [2.45, 2.75) is 25.6 Å². The summed E-state index contributed by atoms with van der Waals surface area (Å²) >= 11 is 0. The fourth-order valence-corrected chi connectivity index (χ4v) is 3.33. The van der Waals surface area contributed by atoms with Gasteiger partial charge in [-0.15, -0.1) is 0 Å². The molecule has 0 saturated carbocycles. The summed E-state index contributed by atoms with van der Waals surface area (Å²) in [7, 11) is 0. The van der Waals surface area contributed by atoms with Crippen LogP contribution in [0.5, 0.6) is 0 Å². The van der Waals surface area contributed by atoms with Crippen LogP contribution in [-0.4, -0.2) is 15.7 Å². The first-order chi connectivity index (χ1) is 12.7. The van der Waals surface area contributed by atoms with Crippen LogP contribution in [0, 0.1) is 0 Å². The second-order valence-electron chi connectivity index (χ2n) is 6.44. The molecule has 1 atom stereocenters. The van der Waals surface area contributed by atoms with Crippen LogP contribution in [0.3, 0.4) is 0 Å². The number of hydrogen-bond donors (Lipinski definition) is 0. The van der Waals surface area contributed by atoms with Gasteiger partial charge in [0, 0.05) is 12.8 Å². The number of benzene rings is 2. The summed E-state index contributed by atoms with van der Waals surface area (Å²) in [6, 6.07) is 19.0. The normalized spacial score (nSPS) is 16.7. The standard InChI is InChI=1S/C21H20N2O3/c24-20-18(17-10-5-2-6-11-17)15-22(19-12-7-13-26-19)21(25)23(20)14-16-8-3-1-4-9-16/h1-6,8-11,15,19H,7,12-14H2. The third-order valence-electron chi connectivity index (χ3n) is 4.68. The van der Waals surface area contributed by atoms with Gasteiger partial charge in [0.05, 0.1) is 12.1 Å². The molecule has 0 radical (unpaired) electrons. The minimum Gasteiger partial charge on any atom is -0.358 e. The summed E-state index contributed by atoms with van der Waals surface area (Å²) in [5, 5.41) is 0. The smallest absolute Gasteiger partial charge is 0.333 e. The van der Waals surface area contributed by atoms with Crippen molar-refractivity contribution in [3.8, 4) is 11.1 Å². The molecule has 3 aromatic rings. The van der Waals surface area contributed by atoms with Gasteiger partial charge in [0.1, 0.15) is 6.23 Å². The molecule has 1 saturated heterocycles. The summed E-state index contributed by atoms with van der Waals surface area (Å²) in [6.45, 7) is 0.876. The molecule has 0 aliphatic carbocycles. The van der Waals surface area contributed by atoms with E-state index in [-0.39, 0.29) is 24.0 Å². The topological polar surface area (TPSA) is 53.2 Å². The summed E-state index contributed by atoms with van der Waals surface area (Å²) in [5.41, 5.74) is 1.61. The molecule has 1 unspecified atom stereocenters. The van der Waals surface area contributed by atoms with E-state index in [1.807, 2.05) is 60.7 Å². The minimum absolute atomic E-state index is 0.242. The largest absolute Gasteiger partial charge is 0.358 e. The van der Waals surface area contributed by atoms with Crippen molar-refractivity contribution in [2.75, 3.05) is 6.61 Å². The zero-order valence-corrected chi connectivity index (χ0v) is 14.4. The number of hydrogen-bond acceptors (Lipinski definition) is 3. The van der Waals surface area contributed by atoms with Crippen molar-refractivity contribution in [3.63, 3.8) is 0 Å². The van der Waals surface area contributed by atoms with Gasteiger partial charge in [0.15, 0.2) is 0 Å². The highest BCUT2D eigenvalue weighted by Gasteiger charge is 2.22. The van der Waals surface area contributed by atoms with Crippen LogP contribution in [0.2, 0.25) is 0 Å². The molecule has 5 nitrogen and oxygen atoms in total. The molecule has 0 bridgehead atoms. The molecule has 0 spiro atoms. The van der Waals surface area contributed by atoms with Gasteiger partial charge in [0.25, 0.3) is 5.56 Å². The van der Waals surface area contributed by atoms with Crippen LogP contribution in [0.4, 0.5) is 0 Å². The highest BCUT2D eigenvalue weighted by atomic mass is 16.5. The second kappa shape index (κ2) is 7.14. The predicted molar refractivity (Wildman–Crippen MR) is 100 cm³/mol. The fourth-order valence-electron chi connectivity index (χ4n) is 3.33. The van der Waals surface area contributed by atoms with E-state index in [1.165, 1.54) is 4.57 Å². The van der Waals surface area contributed by atoms with Gasteiger partial charge in [-0.1, -0.05) is 60.7 Å². The Morgan fingerprint density at radius 2 is 1.65 bits per heavy atom. The molecule has 1 aromatic heterocycles. The maximum atomic E-state index is 13.1. The Kier molecular flexibility index (Phi) is 4.54. The number of aromatic nitrogens is 2. The van der Waals surface area contributed by atoms with Gasteiger partial charge in [-0.2, -0.15) is 0 Å². The monoisotopic (exact) mass is 348 g/mol. The molecule has 2 aromatic carbocycles. The average Bonchev–Trinajstić information content (AvgIpc) is 3.21. The Morgan fingerprint density at radius 3 is 2.31 bits per heavy atom. The molecule has 1 fully saturated rings. The molecule has 1 aliphatic rings. The summed E-state index contributed by atoms with van der Waals surface area (Å²) in [5.74, 6) is 0. The second-order valence-corrected chi connectivity index (χ2v) is 6.44. The first kappa shape index (κ1) is 16.5. The predicted octanol–water partition coefficient (Wildman–Crippen LogP) is 3.03. The van der Waals surface area contributed by atoms with Crippen LogP contribution in [-0.2, 0) is 11.3 Å². The van der Waals surface area contributed by atoms with Crippen molar-refractivity contribution >= 4 is 0 Å². The van der Waals surface area contributed by atoms with E-state index in [1.54, 1.807) is 10.8 Å². The lowest BCUT2D eigenvalue weighted by Crippen LogP contribution is -2.41. The lowest BCUT2D eigenvalue weighted by atomic mass is 10.1.